The molecule has 1 aliphatic heterocycles. The van der Waals surface area contributed by atoms with Crippen LogP contribution in [-0.4, -0.2) is 72.5 Å². The molecule has 1 saturated heterocycles. The van der Waals surface area contributed by atoms with E-state index in [9.17, 15) is 0 Å². The van der Waals surface area contributed by atoms with Gasteiger partial charge in [0.15, 0.2) is 0 Å². The lowest BCUT2D eigenvalue weighted by molar-refractivity contribution is 0.144. The molecule has 1 unspecified atom stereocenters. The molecule has 0 aromatic rings. The standard InChI is InChI=1S/C10H22N2O2/c1-11(5-7-13)9-10-3-2-4-12(10)6-8-14/h10,13-14H,2-9H2,1H3. The van der Waals surface area contributed by atoms with Crippen molar-refractivity contribution in [2.45, 2.75) is 18.9 Å². The Balaban J connectivity index is 2.27. The third-order valence-electron chi connectivity index (χ3n) is 2.89. The summed E-state index contributed by atoms with van der Waals surface area (Å²) in [6.07, 6.45) is 2.45. The molecule has 1 aliphatic rings. The second-order valence-electron chi connectivity index (χ2n) is 4.04. The van der Waals surface area contributed by atoms with Gasteiger partial charge in [-0.1, -0.05) is 0 Å². The van der Waals surface area contributed by atoms with Crippen LogP contribution in [0.25, 0.3) is 0 Å². The van der Waals surface area contributed by atoms with Gasteiger partial charge in [0.2, 0.25) is 0 Å². The van der Waals surface area contributed by atoms with E-state index in [2.05, 4.69) is 9.80 Å². The van der Waals surface area contributed by atoms with Crippen molar-refractivity contribution in [2.24, 2.45) is 0 Å². The summed E-state index contributed by atoms with van der Waals surface area (Å²) in [6, 6.07) is 0.568. The van der Waals surface area contributed by atoms with Gasteiger partial charge >= 0.3 is 0 Å². The Morgan fingerprint density at radius 2 is 2.14 bits per heavy atom. The van der Waals surface area contributed by atoms with E-state index in [0.717, 1.165) is 26.2 Å². The van der Waals surface area contributed by atoms with Crippen molar-refractivity contribution >= 4 is 0 Å². The van der Waals surface area contributed by atoms with E-state index in [0.29, 0.717) is 6.04 Å². The molecule has 0 bridgehead atoms. The van der Waals surface area contributed by atoms with Crippen molar-refractivity contribution in [1.82, 2.24) is 9.80 Å². The van der Waals surface area contributed by atoms with Gasteiger partial charge in [-0.05, 0) is 26.4 Å². The van der Waals surface area contributed by atoms with Gasteiger partial charge in [0.05, 0.1) is 13.2 Å². The first kappa shape index (κ1) is 11.9. The molecule has 84 valence electrons. The molecule has 0 aromatic heterocycles. The first-order chi connectivity index (χ1) is 6.77. The summed E-state index contributed by atoms with van der Waals surface area (Å²) in [5.41, 5.74) is 0. The lowest BCUT2D eigenvalue weighted by atomic mass is 10.2. The van der Waals surface area contributed by atoms with Gasteiger partial charge in [-0.2, -0.15) is 0 Å². The van der Waals surface area contributed by atoms with Crippen molar-refractivity contribution in [3.8, 4) is 0 Å². The van der Waals surface area contributed by atoms with Crippen molar-refractivity contribution in [1.29, 1.82) is 0 Å². The summed E-state index contributed by atoms with van der Waals surface area (Å²) in [5, 5.41) is 17.7. The number of β-amino-alcohol motifs (C(OH)–C–C–N with tert-alkyl or cyclic N) is 1. The Morgan fingerprint density at radius 3 is 2.79 bits per heavy atom. The Bertz CT molecular complexity index is 155. The van der Waals surface area contributed by atoms with Crippen LogP contribution in [0.1, 0.15) is 12.8 Å². The molecule has 0 aromatic carbocycles. The third kappa shape index (κ3) is 3.53. The van der Waals surface area contributed by atoms with E-state index in [1.165, 1.54) is 12.8 Å². The van der Waals surface area contributed by atoms with E-state index in [1.807, 2.05) is 7.05 Å². The summed E-state index contributed by atoms with van der Waals surface area (Å²) in [6.45, 7) is 4.11. The molecule has 1 rings (SSSR count). The number of hydrogen-bond donors (Lipinski definition) is 2. The van der Waals surface area contributed by atoms with Crippen molar-refractivity contribution in [3.05, 3.63) is 0 Å². The zero-order valence-corrected chi connectivity index (χ0v) is 9.02. The SMILES string of the molecule is CN(CCO)CC1CCCN1CCO. The predicted molar refractivity (Wildman–Crippen MR) is 56.3 cm³/mol. The van der Waals surface area contributed by atoms with Crippen LogP contribution in [0.4, 0.5) is 0 Å². The number of likely N-dealkylation sites (tertiary alicyclic amines) is 1. The molecule has 0 saturated carbocycles. The Kier molecular flexibility index (Phi) is 5.40. The van der Waals surface area contributed by atoms with Gasteiger partial charge < -0.3 is 15.1 Å². The van der Waals surface area contributed by atoms with Crippen LogP contribution in [-0.2, 0) is 0 Å². The topological polar surface area (TPSA) is 46.9 Å². The molecular formula is C10H22N2O2. The normalized spacial score (nSPS) is 23.6. The van der Waals surface area contributed by atoms with Crippen LogP contribution in [0.2, 0.25) is 0 Å². The molecule has 0 spiro atoms. The Morgan fingerprint density at radius 1 is 1.36 bits per heavy atom. The molecule has 14 heavy (non-hydrogen) atoms. The highest BCUT2D eigenvalue weighted by molar-refractivity contribution is 4.81. The van der Waals surface area contributed by atoms with E-state index in [4.69, 9.17) is 10.2 Å². The van der Waals surface area contributed by atoms with Crippen molar-refractivity contribution in [2.75, 3.05) is 46.4 Å². The highest BCUT2D eigenvalue weighted by Crippen LogP contribution is 2.16. The lowest BCUT2D eigenvalue weighted by Gasteiger charge is -2.27. The minimum Gasteiger partial charge on any atom is -0.395 e. The van der Waals surface area contributed by atoms with Gasteiger partial charge in [0.25, 0.3) is 0 Å². The Hall–Kier alpha value is -0.160. The molecule has 4 heteroatoms. The molecule has 1 fully saturated rings. The van der Waals surface area contributed by atoms with E-state index in [-0.39, 0.29) is 13.2 Å². The summed E-state index contributed by atoms with van der Waals surface area (Å²) < 4.78 is 0. The average Bonchev–Trinajstić information content (AvgIpc) is 2.54. The molecular weight excluding hydrogens is 180 g/mol. The van der Waals surface area contributed by atoms with E-state index < -0.39 is 0 Å². The first-order valence-corrected chi connectivity index (χ1v) is 5.42. The zero-order valence-electron chi connectivity index (χ0n) is 9.02. The number of likely N-dealkylation sites (N-methyl/N-ethyl adjacent to an activating group) is 1. The van der Waals surface area contributed by atoms with Crippen LogP contribution >= 0.6 is 0 Å². The molecule has 4 nitrogen and oxygen atoms in total. The minimum absolute atomic E-state index is 0.225. The highest BCUT2D eigenvalue weighted by Gasteiger charge is 2.24. The lowest BCUT2D eigenvalue weighted by Crippen LogP contribution is -2.40. The van der Waals surface area contributed by atoms with Crippen LogP contribution in [0.5, 0.6) is 0 Å². The maximum Gasteiger partial charge on any atom is 0.0558 e. The number of rotatable bonds is 6. The van der Waals surface area contributed by atoms with Crippen molar-refractivity contribution < 1.29 is 10.2 Å². The highest BCUT2D eigenvalue weighted by atomic mass is 16.3. The molecule has 2 N–H and O–H groups in total. The third-order valence-corrected chi connectivity index (χ3v) is 2.89. The largest absolute Gasteiger partial charge is 0.395 e. The monoisotopic (exact) mass is 202 g/mol. The minimum atomic E-state index is 0.225. The molecule has 1 atom stereocenters. The van der Waals surface area contributed by atoms with Crippen LogP contribution in [0.3, 0.4) is 0 Å². The fourth-order valence-electron chi connectivity index (χ4n) is 2.15. The number of aliphatic hydroxyl groups excluding tert-OH is 2. The maximum atomic E-state index is 8.89. The first-order valence-electron chi connectivity index (χ1n) is 5.42. The van der Waals surface area contributed by atoms with Crippen LogP contribution < -0.4 is 0 Å². The van der Waals surface area contributed by atoms with Gasteiger partial charge in [0, 0.05) is 25.7 Å². The van der Waals surface area contributed by atoms with Crippen LogP contribution in [0.15, 0.2) is 0 Å². The predicted octanol–water partition coefficient (Wildman–Crippen LogP) is -0.633. The number of nitrogens with zero attached hydrogens (tertiary/aromatic N) is 2. The molecule has 1 heterocycles. The van der Waals surface area contributed by atoms with Gasteiger partial charge in [-0.25, -0.2) is 0 Å². The average molecular weight is 202 g/mol. The fraction of sp³-hybridized carbons (Fsp3) is 1.00. The second-order valence-corrected chi connectivity index (χ2v) is 4.04. The van der Waals surface area contributed by atoms with Crippen molar-refractivity contribution in [3.63, 3.8) is 0 Å². The Labute approximate surface area is 86.1 Å². The second kappa shape index (κ2) is 6.35. The maximum absolute atomic E-state index is 8.89. The van der Waals surface area contributed by atoms with Crippen LogP contribution in [0, 0.1) is 0 Å². The summed E-state index contributed by atoms with van der Waals surface area (Å²) in [7, 11) is 2.03. The van der Waals surface area contributed by atoms with Gasteiger partial charge in [-0.3, -0.25) is 4.90 Å². The summed E-state index contributed by atoms with van der Waals surface area (Å²) in [4.78, 5) is 4.49. The number of aliphatic hydroxyl groups is 2. The fourth-order valence-corrected chi connectivity index (χ4v) is 2.15. The molecule has 0 radical (unpaired) electrons. The quantitative estimate of drug-likeness (QED) is 0.602. The van der Waals surface area contributed by atoms with Gasteiger partial charge in [0.1, 0.15) is 0 Å². The van der Waals surface area contributed by atoms with E-state index in [1.54, 1.807) is 0 Å². The van der Waals surface area contributed by atoms with Gasteiger partial charge in [-0.15, -0.1) is 0 Å². The zero-order chi connectivity index (χ0) is 10.4. The molecule has 0 amide bonds. The smallest absolute Gasteiger partial charge is 0.0558 e. The van der Waals surface area contributed by atoms with E-state index >= 15 is 0 Å². The summed E-state index contributed by atoms with van der Waals surface area (Å²) in [5.74, 6) is 0. The molecule has 0 aliphatic carbocycles. The summed E-state index contributed by atoms with van der Waals surface area (Å²) >= 11 is 0. The number of hydrogen-bond acceptors (Lipinski definition) is 4.